The van der Waals surface area contributed by atoms with Crippen LogP contribution in [-0.4, -0.2) is 15.0 Å². The number of aromatic amines is 1. The van der Waals surface area contributed by atoms with Gasteiger partial charge >= 0.3 is 0 Å². The van der Waals surface area contributed by atoms with Crippen molar-refractivity contribution in [3.05, 3.63) is 111 Å². The summed E-state index contributed by atoms with van der Waals surface area (Å²) in [5.41, 5.74) is 3.83. The number of H-pyrrole nitrogens is 1. The number of hydrogen-bond acceptors (Lipinski definition) is 4. The SMILES string of the molecule is Cc1nc(-c2ccc(NC(c3ccccc3)c3ccc(F)cc3)nc2)[nH]c(=O)c1C. The van der Waals surface area contributed by atoms with Gasteiger partial charge in [-0.2, -0.15) is 0 Å². The fraction of sp³-hybridized carbons (Fsp3) is 0.125. The predicted molar refractivity (Wildman–Crippen MR) is 116 cm³/mol. The zero-order valence-corrected chi connectivity index (χ0v) is 16.7. The van der Waals surface area contributed by atoms with Gasteiger partial charge in [0.05, 0.1) is 6.04 Å². The monoisotopic (exact) mass is 400 g/mol. The van der Waals surface area contributed by atoms with Crippen LogP contribution >= 0.6 is 0 Å². The van der Waals surface area contributed by atoms with Crippen molar-refractivity contribution in [2.75, 3.05) is 5.32 Å². The first kappa shape index (κ1) is 19.5. The lowest BCUT2D eigenvalue weighted by Gasteiger charge is -2.20. The van der Waals surface area contributed by atoms with Crippen LogP contribution in [0.1, 0.15) is 28.4 Å². The molecule has 0 saturated heterocycles. The summed E-state index contributed by atoms with van der Waals surface area (Å²) in [6.45, 7) is 3.56. The van der Waals surface area contributed by atoms with E-state index in [4.69, 9.17) is 0 Å². The maximum atomic E-state index is 13.4. The van der Waals surface area contributed by atoms with E-state index in [0.717, 1.165) is 16.7 Å². The van der Waals surface area contributed by atoms with Crippen LogP contribution in [0, 0.1) is 19.7 Å². The lowest BCUT2D eigenvalue weighted by atomic mass is 9.98. The Labute approximate surface area is 173 Å². The zero-order chi connectivity index (χ0) is 21.1. The molecular formula is C24H21FN4O. The highest BCUT2D eigenvalue weighted by Gasteiger charge is 2.15. The molecule has 2 aromatic carbocycles. The molecule has 0 aliphatic heterocycles. The minimum atomic E-state index is -0.275. The second-order valence-electron chi connectivity index (χ2n) is 7.10. The molecule has 4 rings (SSSR count). The predicted octanol–water partition coefficient (Wildman–Crippen LogP) is 4.79. The summed E-state index contributed by atoms with van der Waals surface area (Å²) < 4.78 is 13.4. The summed E-state index contributed by atoms with van der Waals surface area (Å²) in [4.78, 5) is 23.8. The average Bonchev–Trinajstić information content (AvgIpc) is 2.77. The summed E-state index contributed by atoms with van der Waals surface area (Å²) in [6, 6.07) is 19.8. The van der Waals surface area contributed by atoms with E-state index in [1.54, 1.807) is 25.3 Å². The molecule has 0 radical (unpaired) electrons. The molecule has 0 spiro atoms. The van der Waals surface area contributed by atoms with Gasteiger partial charge in [0.2, 0.25) is 0 Å². The second kappa shape index (κ2) is 8.29. The number of hydrogen-bond donors (Lipinski definition) is 2. The van der Waals surface area contributed by atoms with Crippen molar-refractivity contribution < 1.29 is 4.39 Å². The van der Waals surface area contributed by atoms with Crippen LogP contribution in [0.2, 0.25) is 0 Å². The van der Waals surface area contributed by atoms with Gasteiger partial charge in [-0.25, -0.2) is 14.4 Å². The molecule has 0 saturated carbocycles. The molecule has 1 atom stereocenters. The minimum Gasteiger partial charge on any atom is -0.359 e. The topological polar surface area (TPSA) is 70.7 Å². The lowest BCUT2D eigenvalue weighted by Crippen LogP contribution is -2.15. The van der Waals surface area contributed by atoms with Gasteiger partial charge in [-0.05, 0) is 49.2 Å². The van der Waals surface area contributed by atoms with E-state index in [9.17, 15) is 9.18 Å². The molecule has 150 valence electrons. The summed E-state index contributed by atoms with van der Waals surface area (Å²) >= 11 is 0. The maximum absolute atomic E-state index is 13.4. The van der Waals surface area contributed by atoms with E-state index in [-0.39, 0.29) is 17.4 Å². The van der Waals surface area contributed by atoms with Crippen LogP contribution in [0.3, 0.4) is 0 Å². The Morgan fingerprint density at radius 1 is 0.933 bits per heavy atom. The zero-order valence-electron chi connectivity index (χ0n) is 16.7. The fourth-order valence-corrected chi connectivity index (χ4v) is 3.21. The normalized spacial score (nSPS) is 11.8. The first-order chi connectivity index (χ1) is 14.5. The number of pyridine rings is 1. The van der Waals surface area contributed by atoms with Gasteiger partial charge in [-0.3, -0.25) is 4.79 Å². The Hall–Kier alpha value is -3.80. The third-order valence-electron chi connectivity index (χ3n) is 5.06. The van der Waals surface area contributed by atoms with E-state index in [0.29, 0.717) is 22.9 Å². The molecule has 30 heavy (non-hydrogen) atoms. The number of nitrogens with one attached hydrogen (secondary N) is 2. The van der Waals surface area contributed by atoms with E-state index in [2.05, 4.69) is 20.3 Å². The minimum absolute atomic E-state index is 0.153. The highest BCUT2D eigenvalue weighted by Crippen LogP contribution is 2.27. The molecule has 2 aromatic heterocycles. The summed E-state index contributed by atoms with van der Waals surface area (Å²) in [5.74, 6) is 0.867. The standard InChI is InChI=1S/C24H21FN4O/c1-15-16(2)27-23(29-24(15)30)19-10-13-21(26-14-19)28-22(17-6-4-3-5-7-17)18-8-11-20(25)12-9-18/h3-14,22H,1-2H3,(H,26,28)(H,27,29,30). The summed E-state index contributed by atoms with van der Waals surface area (Å²) in [7, 11) is 0. The molecule has 0 aliphatic rings. The number of aromatic nitrogens is 3. The summed E-state index contributed by atoms with van der Waals surface area (Å²) in [6.07, 6.45) is 1.67. The Kier molecular flexibility index (Phi) is 5.39. The number of anilines is 1. The smallest absolute Gasteiger partial charge is 0.254 e. The van der Waals surface area contributed by atoms with E-state index in [1.807, 2.05) is 49.4 Å². The molecule has 5 nitrogen and oxygen atoms in total. The first-order valence-corrected chi connectivity index (χ1v) is 9.62. The van der Waals surface area contributed by atoms with Gasteiger partial charge in [-0.15, -0.1) is 0 Å². The van der Waals surface area contributed by atoms with Crippen molar-refractivity contribution in [2.45, 2.75) is 19.9 Å². The van der Waals surface area contributed by atoms with Crippen molar-refractivity contribution in [1.29, 1.82) is 0 Å². The van der Waals surface area contributed by atoms with Gasteiger partial charge in [-0.1, -0.05) is 42.5 Å². The lowest BCUT2D eigenvalue weighted by molar-refractivity contribution is 0.626. The molecule has 0 bridgehead atoms. The number of benzene rings is 2. The number of rotatable bonds is 5. The molecule has 6 heteroatoms. The third-order valence-corrected chi connectivity index (χ3v) is 5.06. The number of halogens is 1. The molecule has 1 unspecified atom stereocenters. The van der Waals surface area contributed by atoms with Crippen LogP contribution in [0.25, 0.3) is 11.4 Å². The fourth-order valence-electron chi connectivity index (χ4n) is 3.21. The van der Waals surface area contributed by atoms with Gasteiger partial charge in [0.25, 0.3) is 5.56 Å². The van der Waals surface area contributed by atoms with Crippen molar-refractivity contribution in [3.63, 3.8) is 0 Å². The number of aryl methyl sites for hydroxylation is 1. The molecule has 2 heterocycles. The van der Waals surface area contributed by atoms with Gasteiger partial charge in [0, 0.05) is 23.0 Å². The van der Waals surface area contributed by atoms with Gasteiger partial charge in [0.15, 0.2) is 0 Å². The van der Waals surface area contributed by atoms with Crippen molar-refractivity contribution in [1.82, 2.24) is 15.0 Å². The van der Waals surface area contributed by atoms with Crippen LogP contribution in [0.4, 0.5) is 10.2 Å². The maximum Gasteiger partial charge on any atom is 0.254 e. The number of nitrogens with zero attached hydrogens (tertiary/aromatic N) is 2. The van der Waals surface area contributed by atoms with E-state index < -0.39 is 0 Å². The van der Waals surface area contributed by atoms with Crippen molar-refractivity contribution in [3.8, 4) is 11.4 Å². The molecular weight excluding hydrogens is 379 g/mol. The van der Waals surface area contributed by atoms with Gasteiger partial charge in [0.1, 0.15) is 17.5 Å². The Balaban J connectivity index is 1.64. The van der Waals surface area contributed by atoms with Crippen molar-refractivity contribution >= 4 is 5.82 Å². The molecule has 0 aliphatic carbocycles. The first-order valence-electron chi connectivity index (χ1n) is 9.62. The third kappa shape index (κ3) is 4.12. The van der Waals surface area contributed by atoms with E-state index >= 15 is 0 Å². The van der Waals surface area contributed by atoms with Crippen LogP contribution < -0.4 is 10.9 Å². The van der Waals surface area contributed by atoms with Crippen LogP contribution in [0.5, 0.6) is 0 Å². The Morgan fingerprint density at radius 2 is 1.63 bits per heavy atom. The summed E-state index contributed by atoms with van der Waals surface area (Å²) in [5, 5.41) is 3.42. The molecule has 0 fully saturated rings. The van der Waals surface area contributed by atoms with Crippen LogP contribution in [0.15, 0.2) is 77.7 Å². The molecule has 0 amide bonds. The Bertz CT molecular complexity index is 1200. The average molecular weight is 400 g/mol. The molecule has 4 aromatic rings. The van der Waals surface area contributed by atoms with Crippen LogP contribution in [-0.2, 0) is 0 Å². The Morgan fingerprint density at radius 3 is 2.27 bits per heavy atom. The second-order valence-corrected chi connectivity index (χ2v) is 7.10. The van der Waals surface area contributed by atoms with Gasteiger partial charge < -0.3 is 10.3 Å². The van der Waals surface area contributed by atoms with E-state index in [1.165, 1.54) is 12.1 Å². The highest BCUT2D eigenvalue weighted by atomic mass is 19.1. The largest absolute Gasteiger partial charge is 0.359 e. The highest BCUT2D eigenvalue weighted by molar-refractivity contribution is 5.57. The quantitative estimate of drug-likeness (QED) is 0.505. The van der Waals surface area contributed by atoms with Crippen molar-refractivity contribution in [2.24, 2.45) is 0 Å². The molecule has 2 N–H and O–H groups in total.